The third-order valence-corrected chi connectivity index (χ3v) is 2.34. The number of carbonyl (C=O) groups excluding carboxylic acids is 1. The molecule has 6 heteroatoms. The molecule has 0 aliphatic rings. The Kier molecular flexibility index (Phi) is 4.53. The van der Waals surface area contributed by atoms with Gasteiger partial charge in [-0.3, -0.25) is 5.32 Å². The van der Waals surface area contributed by atoms with Crippen molar-refractivity contribution in [1.29, 1.82) is 0 Å². The maximum absolute atomic E-state index is 11.6. The van der Waals surface area contributed by atoms with Gasteiger partial charge >= 0.3 is 6.09 Å². The van der Waals surface area contributed by atoms with Crippen molar-refractivity contribution in [3.63, 3.8) is 0 Å². The van der Waals surface area contributed by atoms with Gasteiger partial charge in [0.15, 0.2) is 0 Å². The summed E-state index contributed by atoms with van der Waals surface area (Å²) in [6.07, 6.45) is -0.567. The van der Waals surface area contributed by atoms with E-state index in [0.29, 0.717) is 16.3 Å². The molecule has 18 heavy (non-hydrogen) atoms. The lowest BCUT2D eigenvalue weighted by Crippen LogP contribution is -2.28. The van der Waals surface area contributed by atoms with E-state index >= 15 is 0 Å². The number of thiocarbonyl (C=S) groups is 1. The van der Waals surface area contributed by atoms with Crippen LogP contribution in [0.1, 0.15) is 26.3 Å². The van der Waals surface area contributed by atoms with Gasteiger partial charge in [-0.1, -0.05) is 23.8 Å². The lowest BCUT2D eigenvalue weighted by molar-refractivity contribution is 0.0636. The summed E-state index contributed by atoms with van der Waals surface area (Å²) in [5.41, 5.74) is 5.97. The van der Waals surface area contributed by atoms with Gasteiger partial charge in [-0.05, 0) is 39.0 Å². The Labute approximate surface area is 116 Å². The Hall–Kier alpha value is -1.33. The Bertz CT molecular complexity index is 483. The highest BCUT2D eigenvalue weighted by Crippen LogP contribution is 2.21. The molecule has 0 unspecified atom stereocenters. The van der Waals surface area contributed by atoms with Crippen LogP contribution >= 0.6 is 23.8 Å². The van der Waals surface area contributed by atoms with E-state index in [1.165, 1.54) is 0 Å². The number of anilines is 1. The zero-order valence-corrected chi connectivity index (χ0v) is 12.0. The van der Waals surface area contributed by atoms with Gasteiger partial charge in [0.25, 0.3) is 0 Å². The van der Waals surface area contributed by atoms with Crippen molar-refractivity contribution in [2.75, 3.05) is 5.32 Å². The highest BCUT2D eigenvalue weighted by molar-refractivity contribution is 7.80. The molecule has 0 bridgehead atoms. The smallest absolute Gasteiger partial charge is 0.412 e. The summed E-state index contributed by atoms with van der Waals surface area (Å²) in [6, 6.07) is 4.85. The molecule has 0 aliphatic heterocycles. The van der Waals surface area contributed by atoms with E-state index < -0.39 is 11.7 Å². The fourth-order valence-corrected chi connectivity index (χ4v) is 1.58. The predicted octanol–water partition coefficient (Wildman–Crippen LogP) is 3.32. The zero-order chi connectivity index (χ0) is 13.9. The van der Waals surface area contributed by atoms with Crippen LogP contribution in [0.2, 0.25) is 5.02 Å². The molecule has 1 aromatic rings. The van der Waals surface area contributed by atoms with E-state index in [4.69, 9.17) is 34.3 Å². The van der Waals surface area contributed by atoms with Crippen molar-refractivity contribution in [2.24, 2.45) is 5.73 Å². The maximum Gasteiger partial charge on any atom is 0.412 e. The van der Waals surface area contributed by atoms with Crippen LogP contribution in [0.25, 0.3) is 0 Å². The summed E-state index contributed by atoms with van der Waals surface area (Å²) in [5, 5.41) is 3.08. The topological polar surface area (TPSA) is 64.3 Å². The highest BCUT2D eigenvalue weighted by atomic mass is 35.5. The monoisotopic (exact) mass is 286 g/mol. The van der Waals surface area contributed by atoms with Gasteiger partial charge in [-0.25, -0.2) is 4.79 Å². The lowest BCUT2D eigenvalue weighted by atomic mass is 10.2. The van der Waals surface area contributed by atoms with Crippen LogP contribution in [0, 0.1) is 0 Å². The Balaban J connectivity index is 2.91. The van der Waals surface area contributed by atoms with Crippen LogP contribution in [0.3, 0.4) is 0 Å². The minimum absolute atomic E-state index is 0.156. The largest absolute Gasteiger partial charge is 0.444 e. The fourth-order valence-electron chi connectivity index (χ4n) is 1.24. The van der Waals surface area contributed by atoms with Gasteiger partial charge in [0.05, 0.1) is 5.69 Å². The molecule has 1 rings (SSSR count). The number of amides is 1. The van der Waals surface area contributed by atoms with E-state index in [9.17, 15) is 4.79 Å². The quantitative estimate of drug-likeness (QED) is 0.819. The Morgan fingerprint density at radius 1 is 1.44 bits per heavy atom. The minimum atomic E-state index is -0.570. The van der Waals surface area contributed by atoms with Gasteiger partial charge < -0.3 is 10.5 Å². The van der Waals surface area contributed by atoms with Gasteiger partial charge in [0.2, 0.25) is 0 Å². The number of rotatable bonds is 2. The fraction of sp³-hybridized carbons (Fsp3) is 0.333. The standard InChI is InChI=1S/C12H15ClN2O2S/c1-12(2,3)17-11(16)15-9-5-4-7(13)6-8(9)10(14)18/h4-6H,1-3H3,(H2,14,18)(H,15,16). The predicted molar refractivity (Wildman–Crippen MR) is 77.2 cm³/mol. The number of nitrogens with one attached hydrogen (secondary N) is 1. The number of hydrogen-bond acceptors (Lipinski definition) is 3. The van der Waals surface area contributed by atoms with Crippen molar-refractivity contribution < 1.29 is 9.53 Å². The third-order valence-electron chi connectivity index (χ3n) is 1.88. The molecule has 0 fully saturated rings. The molecule has 0 aromatic heterocycles. The zero-order valence-electron chi connectivity index (χ0n) is 10.4. The van der Waals surface area contributed by atoms with Crippen molar-refractivity contribution in [2.45, 2.75) is 26.4 Å². The first-order chi connectivity index (χ1) is 8.19. The molecular weight excluding hydrogens is 272 g/mol. The number of hydrogen-bond donors (Lipinski definition) is 2. The average molecular weight is 287 g/mol. The normalized spacial score (nSPS) is 10.9. The van der Waals surface area contributed by atoms with Crippen LogP contribution in [0.15, 0.2) is 18.2 Å². The minimum Gasteiger partial charge on any atom is -0.444 e. The molecule has 1 amide bonds. The van der Waals surface area contributed by atoms with Crippen LogP contribution in [-0.4, -0.2) is 16.7 Å². The van der Waals surface area contributed by atoms with Gasteiger partial charge in [0.1, 0.15) is 10.6 Å². The SMILES string of the molecule is CC(C)(C)OC(=O)Nc1ccc(Cl)cc1C(N)=S. The maximum atomic E-state index is 11.6. The molecule has 0 radical (unpaired) electrons. The molecule has 0 atom stereocenters. The summed E-state index contributed by atoms with van der Waals surface area (Å²) in [4.78, 5) is 11.8. The molecule has 0 saturated heterocycles. The molecule has 0 spiro atoms. The summed E-state index contributed by atoms with van der Waals surface area (Å²) in [5.74, 6) is 0. The first-order valence-corrected chi connectivity index (χ1v) is 6.07. The molecule has 4 nitrogen and oxygen atoms in total. The second-order valence-corrected chi connectivity index (χ2v) is 5.56. The van der Waals surface area contributed by atoms with Crippen LogP contribution in [-0.2, 0) is 4.74 Å². The molecule has 0 heterocycles. The summed E-state index contributed by atoms with van der Waals surface area (Å²) in [7, 11) is 0. The van der Waals surface area contributed by atoms with Gasteiger partial charge in [-0.15, -0.1) is 0 Å². The van der Waals surface area contributed by atoms with Crippen LogP contribution in [0.4, 0.5) is 10.5 Å². The number of halogens is 1. The Morgan fingerprint density at radius 2 is 2.06 bits per heavy atom. The number of benzene rings is 1. The second-order valence-electron chi connectivity index (χ2n) is 4.68. The van der Waals surface area contributed by atoms with Crippen molar-refractivity contribution in [1.82, 2.24) is 0 Å². The third kappa shape index (κ3) is 4.50. The number of carbonyl (C=O) groups is 1. The number of ether oxygens (including phenoxy) is 1. The van der Waals surface area contributed by atoms with Crippen molar-refractivity contribution in [3.8, 4) is 0 Å². The molecule has 1 aromatic carbocycles. The molecule has 3 N–H and O–H groups in total. The van der Waals surface area contributed by atoms with Crippen molar-refractivity contribution in [3.05, 3.63) is 28.8 Å². The summed E-state index contributed by atoms with van der Waals surface area (Å²) in [6.45, 7) is 5.34. The summed E-state index contributed by atoms with van der Waals surface area (Å²) >= 11 is 10.7. The van der Waals surface area contributed by atoms with Crippen LogP contribution in [0.5, 0.6) is 0 Å². The van der Waals surface area contributed by atoms with E-state index in [0.717, 1.165) is 0 Å². The average Bonchev–Trinajstić information content (AvgIpc) is 2.17. The van der Waals surface area contributed by atoms with Crippen LogP contribution < -0.4 is 11.1 Å². The summed E-state index contributed by atoms with van der Waals surface area (Å²) < 4.78 is 5.14. The number of nitrogens with two attached hydrogens (primary N) is 1. The van der Waals surface area contributed by atoms with E-state index in [1.807, 2.05) is 0 Å². The van der Waals surface area contributed by atoms with Crippen molar-refractivity contribution >= 4 is 40.6 Å². The van der Waals surface area contributed by atoms with E-state index in [1.54, 1.807) is 39.0 Å². The molecule has 0 aliphatic carbocycles. The first-order valence-electron chi connectivity index (χ1n) is 5.28. The van der Waals surface area contributed by atoms with Gasteiger partial charge in [-0.2, -0.15) is 0 Å². The highest BCUT2D eigenvalue weighted by Gasteiger charge is 2.17. The second kappa shape index (κ2) is 5.54. The Morgan fingerprint density at radius 3 is 2.56 bits per heavy atom. The molecule has 98 valence electrons. The molecular formula is C12H15ClN2O2S. The van der Waals surface area contributed by atoms with E-state index in [2.05, 4.69) is 5.32 Å². The molecule has 0 saturated carbocycles. The van der Waals surface area contributed by atoms with Gasteiger partial charge in [0, 0.05) is 10.6 Å². The first kappa shape index (κ1) is 14.7. The van der Waals surface area contributed by atoms with E-state index in [-0.39, 0.29) is 4.99 Å². The lowest BCUT2D eigenvalue weighted by Gasteiger charge is -2.20.